The van der Waals surface area contributed by atoms with Crippen molar-refractivity contribution >= 4 is 71.7 Å². The van der Waals surface area contributed by atoms with E-state index < -0.39 is 5.60 Å². The number of benzene rings is 1. The molecule has 1 saturated carbocycles. The van der Waals surface area contributed by atoms with Crippen LogP contribution in [-0.2, 0) is 9.47 Å². The molecule has 4 aromatic heterocycles. The van der Waals surface area contributed by atoms with Crippen LogP contribution in [-0.4, -0.2) is 74.6 Å². The molecule has 0 radical (unpaired) electrons. The van der Waals surface area contributed by atoms with E-state index in [1.165, 1.54) is 11.8 Å². The van der Waals surface area contributed by atoms with Crippen LogP contribution in [0.1, 0.15) is 56.7 Å². The number of thioether (sulfide) groups is 1. The van der Waals surface area contributed by atoms with E-state index in [2.05, 4.69) is 17.0 Å². The molecule has 8 rings (SSSR count). The highest BCUT2D eigenvalue weighted by Crippen LogP contribution is 2.52. The molecule has 2 aliphatic heterocycles. The Bertz CT molecular complexity index is 1860. The van der Waals surface area contributed by atoms with Crippen LogP contribution >= 0.6 is 34.7 Å². The Labute approximate surface area is 262 Å². The molecule has 3 fully saturated rings. The van der Waals surface area contributed by atoms with Crippen molar-refractivity contribution in [1.29, 1.82) is 0 Å². The van der Waals surface area contributed by atoms with Crippen molar-refractivity contribution in [2.24, 2.45) is 0 Å². The van der Waals surface area contributed by atoms with Crippen molar-refractivity contribution in [1.82, 2.24) is 24.7 Å². The molecule has 0 spiro atoms. The number of β-amino-alcohol motifs (C(OH)–C–C–N with tert-alkyl or cyclic N) is 1. The van der Waals surface area contributed by atoms with E-state index in [0.29, 0.717) is 37.4 Å². The first kappa shape index (κ1) is 28.0. The molecular weight excluding hydrogens is 604 g/mol. The van der Waals surface area contributed by atoms with Crippen LogP contribution in [0.15, 0.2) is 29.7 Å². The van der Waals surface area contributed by atoms with Gasteiger partial charge >= 0.3 is 0 Å². The van der Waals surface area contributed by atoms with Gasteiger partial charge in [0.2, 0.25) is 0 Å². The van der Waals surface area contributed by atoms with Crippen LogP contribution in [0.3, 0.4) is 0 Å². The summed E-state index contributed by atoms with van der Waals surface area (Å²) in [5.74, 6) is 1.23. The molecular formula is C31H33ClN6O3S2. The summed E-state index contributed by atoms with van der Waals surface area (Å²) in [5.41, 5.74) is 3.12. The van der Waals surface area contributed by atoms with Gasteiger partial charge in [0.1, 0.15) is 16.2 Å². The number of thiophene rings is 1. The zero-order valence-electron chi connectivity index (χ0n) is 24.2. The summed E-state index contributed by atoms with van der Waals surface area (Å²) in [6, 6.07) is 4.14. The van der Waals surface area contributed by atoms with Gasteiger partial charge in [-0.2, -0.15) is 5.10 Å². The summed E-state index contributed by atoms with van der Waals surface area (Å²) in [6.45, 7) is 4.43. The van der Waals surface area contributed by atoms with E-state index in [4.69, 9.17) is 41.1 Å². The molecule has 0 amide bonds. The number of aromatic nitrogens is 5. The third-order valence-corrected chi connectivity index (χ3v) is 10.7. The maximum atomic E-state index is 11.0. The van der Waals surface area contributed by atoms with Crippen LogP contribution in [0.25, 0.3) is 42.5 Å². The quantitative estimate of drug-likeness (QED) is 0.165. The van der Waals surface area contributed by atoms with Gasteiger partial charge in [0.25, 0.3) is 0 Å². The number of anilines is 1. The van der Waals surface area contributed by atoms with Gasteiger partial charge in [-0.1, -0.05) is 23.4 Å². The molecule has 1 N–H and O–H groups in total. The summed E-state index contributed by atoms with van der Waals surface area (Å²) < 4.78 is 14.9. The molecule has 1 aliphatic carbocycles. The first-order valence-corrected chi connectivity index (χ1v) is 17.3. The average Bonchev–Trinajstić information content (AvgIpc) is 3.69. The second kappa shape index (κ2) is 10.8. The minimum atomic E-state index is -0.987. The van der Waals surface area contributed by atoms with E-state index in [1.54, 1.807) is 11.3 Å². The highest BCUT2D eigenvalue weighted by molar-refractivity contribution is 7.98. The number of rotatable bonds is 5. The van der Waals surface area contributed by atoms with Gasteiger partial charge < -0.3 is 19.5 Å². The minimum Gasteiger partial charge on any atom is -0.386 e. The van der Waals surface area contributed by atoms with Crippen LogP contribution in [0, 0.1) is 0 Å². The third kappa shape index (κ3) is 4.89. The minimum absolute atomic E-state index is 0.0902. The smallest absolute Gasteiger partial charge is 0.190 e. The van der Waals surface area contributed by atoms with E-state index in [1.807, 2.05) is 30.3 Å². The molecule has 224 valence electrons. The van der Waals surface area contributed by atoms with Crippen molar-refractivity contribution in [3.63, 3.8) is 0 Å². The monoisotopic (exact) mass is 636 g/mol. The molecule has 43 heavy (non-hydrogen) atoms. The van der Waals surface area contributed by atoms with Crippen LogP contribution in [0.2, 0.25) is 5.02 Å². The fourth-order valence-corrected chi connectivity index (χ4v) is 8.52. The average molecular weight is 637 g/mol. The van der Waals surface area contributed by atoms with Crippen molar-refractivity contribution < 1.29 is 14.6 Å². The van der Waals surface area contributed by atoms with Gasteiger partial charge in [-0.15, -0.1) is 11.3 Å². The highest BCUT2D eigenvalue weighted by Gasteiger charge is 2.34. The van der Waals surface area contributed by atoms with Crippen molar-refractivity contribution in [2.75, 3.05) is 44.1 Å². The van der Waals surface area contributed by atoms with Crippen LogP contribution in [0.5, 0.6) is 0 Å². The number of pyridine rings is 1. The number of fused-ring (bicyclic) bond motifs is 4. The van der Waals surface area contributed by atoms with Crippen molar-refractivity contribution in [3.05, 3.63) is 35.1 Å². The second-order valence-corrected chi connectivity index (χ2v) is 14.3. The topological polar surface area (TPSA) is 98.4 Å². The van der Waals surface area contributed by atoms with Crippen LogP contribution < -0.4 is 4.90 Å². The summed E-state index contributed by atoms with van der Waals surface area (Å²) in [5, 5.41) is 20.4. The number of halogens is 1. The summed E-state index contributed by atoms with van der Waals surface area (Å²) in [7, 11) is 0. The molecule has 3 aliphatic rings. The lowest BCUT2D eigenvalue weighted by Gasteiger charge is -2.28. The maximum absolute atomic E-state index is 11.0. The number of hydrogen-bond donors (Lipinski definition) is 1. The fraction of sp³-hybridized carbons (Fsp3) is 0.484. The fourth-order valence-electron chi connectivity index (χ4n) is 6.59. The molecule has 1 aromatic carbocycles. The zero-order chi connectivity index (χ0) is 29.3. The highest BCUT2D eigenvalue weighted by atomic mass is 35.5. The summed E-state index contributed by atoms with van der Waals surface area (Å²) in [4.78, 5) is 18.0. The first-order valence-electron chi connectivity index (χ1n) is 14.9. The Balaban J connectivity index is 1.37. The third-order valence-electron chi connectivity index (χ3n) is 8.69. The number of ether oxygens (including phenoxy) is 2. The van der Waals surface area contributed by atoms with E-state index >= 15 is 0 Å². The molecule has 0 bridgehead atoms. The molecule has 12 heteroatoms. The first-order chi connectivity index (χ1) is 20.9. The van der Waals surface area contributed by atoms with Gasteiger partial charge in [0, 0.05) is 40.7 Å². The molecule has 5 aromatic rings. The molecule has 9 nitrogen and oxygen atoms in total. The largest absolute Gasteiger partial charge is 0.386 e. The standard InChI is InChI=1S/C31H33ClN6O3S2/c1-31(39)15-37(10-12-40-16-31)28-25-18-8-9-33-26(27(18)43-29(25)36-30(35-28)42-2)24-19-14-34-38(22-5-3-4-11-41-22)21(19)13-20(32)23(24)17-6-7-17/h8-9,13-14,17,22,39H,3-7,10-12,15-16H2,1-2H3/t22?,31-/m0/s1. The van der Waals surface area contributed by atoms with Gasteiger partial charge in [-0.05, 0) is 68.9 Å². The van der Waals surface area contributed by atoms with Crippen molar-refractivity contribution in [2.45, 2.75) is 61.9 Å². The predicted molar refractivity (Wildman–Crippen MR) is 173 cm³/mol. The van der Waals surface area contributed by atoms with Gasteiger partial charge in [0.05, 0.1) is 47.3 Å². The Kier molecular flexibility index (Phi) is 7.04. The second-order valence-electron chi connectivity index (χ2n) is 12.1. The summed E-state index contributed by atoms with van der Waals surface area (Å²) >= 11 is 10.3. The van der Waals surface area contributed by atoms with Gasteiger partial charge in [-0.25, -0.2) is 14.6 Å². The van der Waals surface area contributed by atoms with E-state index in [9.17, 15) is 5.11 Å². The number of aliphatic hydroxyl groups is 1. The zero-order valence-corrected chi connectivity index (χ0v) is 26.6. The van der Waals surface area contributed by atoms with E-state index in [-0.39, 0.29) is 6.23 Å². The maximum Gasteiger partial charge on any atom is 0.190 e. The SMILES string of the molecule is CSc1nc(N2CCOC[C@@](C)(O)C2)c2c(n1)sc1c(-c3c(C4CC4)c(Cl)cc4c3cnn4C3CCCCO3)nccc12. The van der Waals surface area contributed by atoms with Crippen LogP contribution in [0.4, 0.5) is 5.82 Å². The van der Waals surface area contributed by atoms with Crippen molar-refractivity contribution in [3.8, 4) is 11.3 Å². The Hall–Kier alpha value is -2.54. The molecule has 2 saturated heterocycles. The lowest BCUT2D eigenvalue weighted by molar-refractivity contribution is -0.0366. The molecule has 6 heterocycles. The predicted octanol–water partition coefficient (Wildman–Crippen LogP) is 6.80. The Morgan fingerprint density at radius 3 is 2.84 bits per heavy atom. The Morgan fingerprint density at radius 2 is 2.05 bits per heavy atom. The van der Waals surface area contributed by atoms with E-state index in [0.717, 1.165) is 97.6 Å². The lowest BCUT2D eigenvalue weighted by atomic mass is 9.95. The van der Waals surface area contributed by atoms with Gasteiger partial charge in [-0.3, -0.25) is 4.98 Å². The lowest BCUT2D eigenvalue weighted by Crippen LogP contribution is -2.42. The van der Waals surface area contributed by atoms with Gasteiger partial charge in [0.15, 0.2) is 11.4 Å². The molecule has 1 unspecified atom stereocenters. The number of hydrogen-bond acceptors (Lipinski definition) is 10. The normalized spacial score (nSPS) is 23.4. The Morgan fingerprint density at radius 1 is 1.16 bits per heavy atom. The molecule has 2 atom stereocenters. The number of nitrogens with zero attached hydrogens (tertiary/aromatic N) is 6. The summed E-state index contributed by atoms with van der Waals surface area (Å²) in [6.07, 6.45) is 11.1.